The number of ketones is 2. The van der Waals surface area contributed by atoms with Crippen LogP contribution < -0.4 is 0 Å². The first-order valence-corrected chi connectivity index (χ1v) is 21.0. The topological polar surface area (TPSA) is 176 Å². The summed E-state index contributed by atoms with van der Waals surface area (Å²) < 4.78 is 32.5. The zero-order valence-corrected chi connectivity index (χ0v) is 35.8. The number of nitrogens with zero attached hydrogens (tertiary/aromatic N) is 4. The first-order chi connectivity index (χ1) is 27.9. The van der Waals surface area contributed by atoms with Crippen molar-refractivity contribution in [3.05, 3.63) is 42.1 Å². The molecule has 59 heavy (non-hydrogen) atoms. The zero-order chi connectivity index (χ0) is 42.7. The van der Waals surface area contributed by atoms with Crippen molar-refractivity contribution in [2.24, 2.45) is 34.7 Å². The Bertz CT molecular complexity index is 1980. The van der Waals surface area contributed by atoms with Crippen LogP contribution in [-0.4, -0.2) is 137 Å². The summed E-state index contributed by atoms with van der Waals surface area (Å²) in [6, 6.07) is 8.51. The average Bonchev–Trinajstić information content (AvgIpc) is 3.72. The van der Waals surface area contributed by atoms with Gasteiger partial charge in [-0.2, -0.15) is 0 Å². The van der Waals surface area contributed by atoms with E-state index in [0.717, 1.165) is 10.9 Å². The Labute approximate surface area is 346 Å². The fraction of sp³-hybridized carbons (Fsp3) is 0.682. The van der Waals surface area contributed by atoms with E-state index in [4.69, 9.17) is 33.5 Å². The van der Waals surface area contributed by atoms with Gasteiger partial charge >= 0.3 is 12.1 Å². The molecule has 322 valence electrons. The summed E-state index contributed by atoms with van der Waals surface area (Å²) >= 11 is 0. The molecule has 15 atom stereocenters. The number of pyridine rings is 1. The third-order valence-electron chi connectivity index (χ3n) is 13.6. The number of hydrogen-bond acceptors (Lipinski definition) is 14. The maximum Gasteiger partial charge on any atom is 0.411 e. The van der Waals surface area contributed by atoms with Crippen molar-refractivity contribution in [2.45, 2.75) is 135 Å². The van der Waals surface area contributed by atoms with Gasteiger partial charge in [-0.3, -0.25) is 24.3 Å². The predicted molar refractivity (Wildman–Crippen MR) is 215 cm³/mol. The summed E-state index contributed by atoms with van der Waals surface area (Å²) in [5.41, 5.74) is -0.815. The molecule has 1 amide bonds. The number of carbonyl (C=O) groups is 4. The number of carbonyl (C=O) groups excluding carboxylic acids is 4. The van der Waals surface area contributed by atoms with Crippen molar-refractivity contribution in [2.75, 3.05) is 27.2 Å². The molecule has 15 nitrogen and oxygen atoms in total. The number of aliphatic hydroxyl groups is 1. The Kier molecular flexibility index (Phi) is 12.0. The highest BCUT2D eigenvalue weighted by molar-refractivity contribution is 6.05. The SMILES string of the molecule is CC[C@H]1OC(=O)[C@H](C)C(=O)[C@H](C)[C@@H](O[C@@H]2O[C@H](C)C[C@H](N(C)C)[C@H]2O)[C@@]2(C)C[C@@H](C)C(=O)[C@H](C)[C@H]3N(C[C@@H]4ON=C(c5cnc6ccccc6c5)[C@@H]4CO2)C(=O)O[C@]13C. The number of ether oxygens (including phenoxy) is 5. The summed E-state index contributed by atoms with van der Waals surface area (Å²) in [6.07, 6.45) is -3.59. The van der Waals surface area contributed by atoms with Crippen LogP contribution in [-0.2, 0) is 42.9 Å². The number of para-hydroxylation sites is 1. The van der Waals surface area contributed by atoms with Gasteiger partial charge in [0.2, 0.25) is 0 Å². The number of aromatic nitrogens is 1. The van der Waals surface area contributed by atoms with Crippen LogP contribution in [0.5, 0.6) is 0 Å². The maximum atomic E-state index is 14.8. The van der Waals surface area contributed by atoms with E-state index in [1.165, 1.54) is 11.8 Å². The molecule has 4 saturated heterocycles. The third kappa shape index (κ3) is 7.77. The van der Waals surface area contributed by atoms with Crippen molar-refractivity contribution in [3.63, 3.8) is 0 Å². The minimum atomic E-state index is -1.47. The lowest BCUT2D eigenvalue weighted by Crippen LogP contribution is -2.61. The monoisotopic (exact) mass is 820 g/mol. The number of cyclic esters (lactones) is 1. The quantitative estimate of drug-likeness (QED) is 0.329. The van der Waals surface area contributed by atoms with Crippen molar-refractivity contribution >= 4 is 40.2 Å². The Morgan fingerprint density at radius 3 is 2.46 bits per heavy atom. The van der Waals surface area contributed by atoms with Crippen molar-refractivity contribution < 1.29 is 52.8 Å². The summed E-state index contributed by atoms with van der Waals surface area (Å²) in [7, 11) is 3.75. The number of fused-ring (bicyclic) bond motifs is 6. The molecular weight excluding hydrogens is 761 g/mol. The van der Waals surface area contributed by atoms with E-state index in [-0.39, 0.29) is 43.9 Å². The van der Waals surface area contributed by atoms with Gasteiger partial charge in [-0.05, 0) is 73.2 Å². The van der Waals surface area contributed by atoms with Crippen molar-refractivity contribution in [3.8, 4) is 0 Å². The number of hydrogen-bond donors (Lipinski definition) is 1. The van der Waals surface area contributed by atoms with Crippen LogP contribution in [0.15, 0.2) is 41.7 Å². The highest BCUT2D eigenvalue weighted by atomic mass is 16.7. The molecule has 5 aliphatic heterocycles. The third-order valence-corrected chi connectivity index (χ3v) is 13.6. The van der Waals surface area contributed by atoms with Gasteiger partial charge in [0.05, 0.1) is 54.1 Å². The number of amides is 1. The van der Waals surface area contributed by atoms with Gasteiger partial charge < -0.3 is 38.5 Å². The fourth-order valence-electron chi connectivity index (χ4n) is 10.3. The van der Waals surface area contributed by atoms with Crippen LogP contribution in [0.25, 0.3) is 10.9 Å². The Morgan fingerprint density at radius 1 is 1.02 bits per heavy atom. The first kappa shape index (κ1) is 43.1. The Morgan fingerprint density at radius 2 is 1.75 bits per heavy atom. The van der Waals surface area contributed by atoms with Gasteiger partial charge in [-0.25, -0.2) is 4.79 Å². The molecule has 1 N–H and O–H groups in total. The van der Waals surface area contributed by atoms with Crippen LogP contribution >= 0.6 is 0 Å². The fourth-order valence-corrected chi connectivity index (χ4v) is 10.3. The van der Waals surface area contributed by atoms with E-state index in [1.54, 1.807) is 33.9 Å². The second kappa shape index (κ2) is 16.4. The molecule has 0 saturated carbocycles. The molecule has 6 heterocycles. The molecule has 15 heteroatoms. The molecule has 1 aromatic heterocycles. The van der Waals surface area contributed by atoms with E-state index in [1.807, 2.05) is 70.1 Å². The van der Waals surface area contributed by atoms with E-state index in [9.17, 15) is 24.3 Å². The van der Waals surface area contributed by atoms with Gasteiger partial charge in [-0.15, -0.1) is 0 Å². The second-order valence-electron chi connectivity index (χ2n) is 18.1. The number of rotatable bonds is 5. The highest BCUT2D eigenvalue weighted by Gasteiger charge is 2.62. The average molecular weight is 821 g/mol. The smallest absolute Gasteiger partial charge is 0.411 e. The molecule has 2 bridgehead atoms. The molecule has 7 rings (SSSR count). The second-order valence-corrected chi connectivity index (χ2v) is 18.1. The molecule has 1 aromatic carbocycles. The minimum Gasteiger partial charge on any atom is -0.458 e. The van der Waals surface area contributed by atoms with Crippen molar-refractivity contribution in [1.82, 2.24) is 14.8 Å². The van der Waals surface area contributed by atoms with Gasteiger partial charge in [-0.1, -0.05) is 51.0 Å². The number of oxime groups is 1. The number of benzene rings is 1. The highest BCUT2D eigenvalue weighted by Crippen LogP contribution is 2.45. The predicted octanol–water partition coefficient (Wildman–Crippen LogP) is 4.54. The van der Waals surface area contributed by atoms with Gasteiger partial charge in [0.1, 0.15) is 23.9 Å². The Balaban J connectivity index is 1.39. The van der Waals surface area contributed by atoms with Gasteiger partial charge in [0.25, 0.3) is 0 Å². The Hall–Kier alpha value is -4.02. The summed E-state index contributed by atoms with van der Waals surface area (Å²) in [5, 5.41) is 17.2. The zero-order valence-electron chi connectivity index (χ0n) is 35.8. The standard InChI is InChI=1S/C44H60N4O11/c1-11-33-44(8)38-24(4)35(49)22(2)18-43(7,39(25(5)36(50)26(6)40(52)56-33)57-41-37(51)31(47(9)10)16-23(3)55-41)54-21-29-32(20-48(38)42(53)58-44)59-46-34(29)28-17-27-14-12-13-15-30(27)45-19-28/h12-15,17,19,22-26,29,31-33,37-39,41,51H,11,16,18,20-21H2,1-10H3/t22-,23-,24+,25+,26-,29-,31+,32+,33-,37-,38-,39-,41+,43-,44-/m1/s1. The number of esters is 1. The van der Waals surface area contributed by atoms with Gasteiger partial charge in [0, 0.05) is 40.9 Å². The molecule has 0 unspecified atom stereocenters. The van der Waals surface area contributed by atoms with Crippen LogP contribution in [0.4, 0.5) is 4.79 Å². The largest absolute Gasteiger partial charge is 0.458 e. The van der Waals surface area contributed by atoms with Crippen molar-refractivity contribution in [1.29, 1.82) is 0 Å². The summed E-state index contributed by atoms with van der Waals surface area (Å²) in [5.74, 6) is -5.82. The van der Waals surface area contributed by atoms with Crippen LogP contribution in [0.1, 0.15) is 80.2 Å². The molecule has 2 aromatic rings. The van der Waals surface area contributed by atoms with Crippen LogP contribution in [0, 0.1) is 29.6 Å². The minimum absolute atomic E-state index is 0.0225. The maximum absolute atomic E-state index is 14.8. The summed E-state index contributed by atoms with van der Waals surface area (Å²) in [4.78, 5) is 72.0. The first-order valence-electron chi connectivity index (χ1n) is 21.0. The van der Waals surface area contributed by atoms with E-state index in [0.29, 0.717) is 17.7 Å². The van der Waals surface area contributed by atoms with Gasteiger partial charge in [0.15, 0.2) is 23.8 Å². The molecule has 5 aliphatic rings. The number of aliphatic hydroxyl groups excluding tert-OH is 1. The van der Waals surface area contributed by atoms with E-state index >= 15 is 0 Å². The summed E-state index contributed by atoms with van der Waals surface area (Å²) in [6.45, 7) is 13.9. The van der Waals surface area contributed by atoms with Crippen LogP contribution in [0.3, 0.4) is 0 Å². The molecular formula is C44H60N4O11. The van der Waals surface area contributed by atoms with Crippen LogP contribution in [0.2, 0.25) is 0 Å². The molecule has 4 fully saturated rings. The lowest BCUT2D eigenvalue weighted by molar-refractivity contribution is -0.298. The van der Waals surface area contributed by atoms with E-state index < -0.39 is 95.4 Å². The number of likely N-dealkylation sites (N-methyl/N-ethyl adjacent to an activating group) is 1. The molecule has 0 radical (unpaired) electrons. The normalized spacial score (nSPS) is 40.9. The number of Topliss-reactive ketones (excluding diaryl/α,β-unsaturated/α-hetero) is 2. The van der Waals surface area contributed by atoms with E-state index in [2.05, 4.69) is 5.16 Å². The molecule has 0 aliphatic carbocycles. The lowest BCUT2D eigenvalue weighted by Gasteiger charge is -2.48. The lowest BCUT2D eigenvalue weighted by atomic mass is 9.73. The molecule has 0 spiro atoms.